The van der Waals surface area contributed by atoms with Crippen LogP contribution in [0.4, 0.5) is 0 Å². The van der Waals surface area contributed by atoms with E-state index >= 15 is 0 Å². The van der Waals surface area contributed by atoms with Gasteiger partial charge in [0.15, 0.2) is 0 Å². The van der Waals surface area contributed by atoms with Crippen LogP contribution in [-0.2, 0) is 19.4 Å². The second-order valence-corrected chi connectivity index (χ2v) is 6.09. The Balaban J connectivity index is 1.99. The second-order valence-electron chi connectivity index (χ2n) is 6.09. The maximum Gasteiger partial charge on any atom is 0.109 e. The topological polar surface area (TPSA) is 29.9 Å². The SMILES string of the molecule is CCc1nc2c(n1C1CCCCC1CC)CCNC2. The molecule has 1 fully saturated rings. The monoisotopic (exact) mass is 261 g/mol. The third-order valence-electron chi connectivity index (χ3n) is 5.04. The van der Waals surface area contributed by atoms with Crippen LogP contribution in [0.2, 0.25) is 0 Å². The molecule has 3 nitrogen and oxygen atoms in total. The van der Waals surface area contributed by atoms with Crippen LogP contribution in [0.25, 0.3) is 0 Å². The predicted molar refractivity (Wildman–Crippen MR) is 78.3 cm³/mol. The Labute approximate surface area is 116 Å². The van der Waals surface area contributed by atoms with Gasteiger partial charge in [-0.3, -0.25) is 0 Å². The van der Waals surface area contributed by atoms with Gasteiger partial charge in [-0.25, -0.2) is 4.98 Å². The number of imidazole rings is 1. The highest BCUT2D eigenvalue weighted by Crippen LogP contribution is 2.38. The third-order valence-corrected chi connectivity index (χ3v) is 5.04. The lowest BCUT2D eigenvalue weighted by Crippen LogP contribution is -2.29. The van der Waals surface area contributed by atoms with Crippen LogP contribution < -0.4 is 5.32 Å². The number of rotatable bonds is 3. The zero-order valence-corrected chi connectivity index (χ0v) is 12.4. The first-order valence-corrected chi connectivity index (χ1v) is 8.14. The summed E-state index contributed by atoms with van der Waals surface area (Å²) in [5.74, 6) is 2.20. The summed E-state index contributed by atoms with van der Waals surface area (Å²) < 4.78 is 2.66. The summed E-state index contributed by atoms with van der Waals surface area (Å²) in [6.07, 6.45) is 9.15. The molecule has 0 aromatic carbocycles. The van der Waals surface area contributed by atoms with Crippen molar-refractivity contribution >= 4 is 0 Å². The average molecular weight is 261 g/mol. The summed E-state index contributed by atoms with van der Waals surface area (Å²) >= 11 is 0. The van der Waals surface area contributed by atoms with E-state index in [1.54, 1.807) is 5.69 Å². The first-order valence-electron chi connectivity index (χ1n) is 8.14. The lowest BCUT2D eigenvalue weighted by molar-refractivity contribution is 0.224. The van der Waals surface area contributed by atoms with Gasteiger partial charge in [0, 0.05) is 37.7 Å². The molecule has 1 aliphatic carbocycles. The van der Waals surface area contributed by atoms with Crippen molar-refractivity contribution in [2.75, 3.05) is 6.54 Å². The molecule has 0 radical (unpaired) electrons. The van der Waals surface area contributed by atoms with E-state index in [9.17, 15) is 0 Å². The Bertz CT molecular complexity index is 435. The fourth-order valence-electron chi connectivity index (χ4n) is 4.03. The molecule has 19 heavy (non-hydrogen) atoms. The molecule has 3 heteroatoms. The smallest absolute Gasteiger partial charge is 0.109 e. The zero-order valence-electron chi connectivity index (χ0n) is 12.4. The molecule has 2 unspecified atom stereocenters. The Morgan fingerprint density at radius 1 is 1.26 bits per heavy atom. The molecule has 2 aliphatic rings. The number of aryl methyl sites for hydroxylation is 1. The number of hydrogen-bond donors (Lipinski definition) is 1. The largest absolute Gasteiger partial charge is 0.328 e. The van der Waals surface area contributed by atoms with Crippen molar-refractivity contribution in [3.8, 4) is 0 Å². The Morgan fingerprint density at radius 2 is 2.11 bits per heavy atom. The maximum absolute atomic E-state index is 4.91. The van der Waals surface area contributed by atoms with E-state index in [1.807, 2.05) is 0 Å². The van der Waals surface area contributed by atoms with Gasteiger partial charge in [0.25, 0.3) is 0 Å². The van der Waals surface area contributed by atoms with Crippen molar-refractivity contribution in [1.82, 2.24) is 14.9 Å². The minimum absolute atomic E-state index is 0.725. The Morgan fingerprint density at radius 3 is 2.89 bits per heavy atom. The van der Waals surface area contributed by atoms with Crippen LogP contribution in [0.15, 0.2) is 0 Å². The van der Waals surface area contributed by atoms with Gasteiger partial charge < -0.3 is 9.88 Å². The highest BCUT2D eigenvalue weighted by Gasteiger charge is 2.30. The third kappa shape index (κ3) is 2.33. The van der Waals surface area contributed by atoms with E-state index < -0.39 is 0 Å². The first kappa shape index (κ1) is 13.2. The normalized spacial score (nSPS) is 27.3. The minimum Gasteiger partial charge on any atom is -0.328 e. The van der Waals surface area contributed by atoms with Gasteiger partial charge in [-0.05, 0) is 18.8 Å². The number of nitrogens with zero attached hydrogens (tertiary/aromatic N) is 2. The highest BCUT2D eigenvalue weighted by molar-refractivity contribution is 5.22. The van der Waals surface area contributed by atoms with Gasteiger partial charge in [0.05, 0.1) is 5.69 Å². The molecule has 0 spiro atoms. The number of hydrogen-bond acceptors (Lipinski definition) is 2. The molecule has 3 rings (SSSR count). The Kier molecular flexibility index (Phi) is 3.92. The second kappa shape index (κ2) is 5.66. The van der Waals surface area contributed by atoms with Crippen LogP contribution >= 0.6 is 0 Å². The van der Waals surface area contributed by atoms with Crippen LogP contribution in [0.3, 0.4) is 0 Å². The molecular formula is C16H27N3. The fourth-order valence-corrected chi connectivity index (χ4v) is 4.03. The van der Waals surface area contributed by atoms with E-state index in [4.69, 9.17) is 4.98 Å². The molecule has 0 saturated heterocycles. The van der Waals surface area contributed by atoms with E-state index in [0.29, 0.717) is 0 Å². The van der Waals surface area contributed by atoms with Crippen molar-refractivity contribution in [1.29, 1.82) is 0 Å². The van der Waals surface area contributed by atoms with E-state index in [2.05, 4.69) is 23.7 Å². The molecule has 2 heterocycles. The first-order chi connectivity index (χ1) is 9.35. The lowest BCUT2D eigenvalue weighted by Gasteiger charge is -2.34. The molecule has 1 aliphatic heterocycles. The van der Waals surface area contributed by atoms with Crippen molar-refractivity contribution < 1.29 is 0 Å². The van der Waals surface area contributed by atoms with Crippen LogP contribution in [0.5, 0.6) is 0 Å². The van der Waals surface area contributed by atoms with Crippen molar-refractivity contribution in [3.63, 3.8) is 0 Å². The molecule has 0 bridgehead atoms. The molecule has 1 aromatic heterocycles. The number of nitrogens with one attached hydrogen (secondary N) is 1. The molecule has 2 atom stereocenters. The zero-order chi connectivity index (χ0) is 13.2. The standard InChI is InChI=1S/C16H27N3/c1-3-12-7-5-6-8-14(12)19-15-9-10-17-11-13(15)18-16(19)4-2/h12,14,17H,3-11H2,1-2H3. The highest BCUT2D eigenvalue weighted by atomic mass is 15.1. The van der Waals surface area contributed by atoms with E-state index in [0.717, 1.165) is 37.9 Å². The Hall–Kier alpha value is -0.830. The minimum atomic E-state index is 0.725. The average Bonchev–Trinajstić information content (AvgIpc) is 2.85. The van der Waals surface area contributed by atoms with Crippen LogP contribution in [0.1, 0.15) is 69.2 Å². The van der Waals surface area contributed by atoms with Gasteiger partial charge >= 0.3 is 0 Å². The number of aromatic nitrogens is 2. The molecule has 1 saturated carbocycles. The van der Waals surface area contributed by atoms with E-state index in [1.165, 1.54) is 43.6 Å². The van der Waals surface area contributed by atoms with E-state index in [-0.39, 0.29) is 0 Å². The van der Waals surface area contributed by atoms with Gasteiger partial charge in [0.2, 0.25) is 0 Å². The van der Waals surface area contributed by atoms with Gasteiger partial charge in [-0.2, -0.15) is 0 Å². The van der Waals surface area contributed by atoms with Crippen LogP contribution in [0, 0.1) is 5.92 Å². The predicted octanol–water partition coefficient (Wildman–Crippen LogP) is 3.23. The van der Waals surface area contributed by atoms with Crippen molar-refractivity contribution in [2.45, 2.75) is 71.4 Å². The van der Waals surface area contributed by atoms with Gasteiger partial charge in [0.1, 0.15) is 5.82 Å². The van der Waals surface area contributed by atoms with Gasteiger partial charge in [-0.15, -0.1) is 0 Å². The number of fused-ring (bicyclic) bond motifs is 1. The molecule has 1 aromatic rings. The molecule has 0 amide bonds. The summed E-state index contributed by atoms with van der Waals surface area (Å²) in [6, 6.07) is 0.725. The summed E-state index contributed by atoms with van der Waals surface area (Å²) in [4.78, 5) is 4.91. The summed E-state index contributed by atoms with van der Waals surface area (Å²) in [5.41, 5.74) is 2.87. The van der Waals surface area contributed by atoms with Crippen molar-refractivity contribution in [2.24, 2.45) is 5.92 Å². The maximum atomic E-state index is 4.91. The van der Waals surface area contributed by atoms with Crippen LogP contribution in [-0.4, -0.2) is 16.1 Å². The molecule has 1 N–H and O–H groups in total. The van der Waals surface area contributed by atoms with Gasteiger partial charge in [-0.1, -0.05) is 33.1 Å². The fraction of sp³-hybridized carbons (Fsp3) is 0.812. The lowest BCUT2D eigenvalue weighted by atomic mass is 9.82. The van der Waals surface area contributed by atoms with Crippen molar-refractivity contribution in [3.05, 3.63) is 17.2 Å². The summed E-state index contributed by atoms with van der Waals surface area (Å²) in [6.45, 7) is 6.70. The molecule has 106 valence electrons. The molecular weight excluding hydrogens is 234 g/mol. The quantitative estimate of drug-likeness (QED) is 0.905. The summed E-state index contributed by atoms with van der Waals surface area (Å²) in [7, 11) is 0. The summed E-state index contributed by atoms with van der Waals surface area (Å²) in [5, 5.41) is 3.46.